The minimum Gasteiger partial charge on any atom is -0.460 e. The monoisotopic (exact) mass is 406 g/mol. The first-order chi connectivity index (χ1) is 14.2. The van der Waals surface area contributed by atoms with Crippen molar-refractivity contribution >= 4 is 5.97 Å². The van der Waals surface area contributed by atoms with Gasteiger partial charge in [0.2, 0.25) is 0 Å². The Hall–Kier alpha value is -2.71. The molecule has 1 heterocycles. The Morgan fingerprint density at radius 2 is 1.97 bits per heavy atom. The number of rotatable bonds is 3. The number of hydrogen-bond donors (Lipinski definition) is 0. The average Bonchev–Trinajstić information content (AvgIpc) is 2.71. The van der Waals surface area contributed by atoms with Gasteiger partial charge in [0.05, 0.1) is 12.1 Å². The van der Waals surface area contributed by atoms with E-state index in [0.29, 0.717) is 25.0 Å². The molecule has 0 saturated heterocycles. The molecule has 30 heavy (non-hydrogen) atoms. The molecule has 0 N–H and O–H groups in total. The van der Waals surface area contributed by atoms with Crippen molar-refractivity contribution in [2.24, 2.45) is 5.92 Å². The van der Waals surface area contributed by atoms with E-state index in [9.17, 15) is 4.79 Å². The Morgan fingerprint density at radius 1 is 1.23 bits per heavy atom. The summed E-state index contributed by atoms with van der Waals surface area (Å²) in [5.74, 6) is 6.03. The van der Waals surface area contributed by atoms with Crippen LogP contribution in [0.25, 0.3) is 0 Å². The van der Waals surface area contributed by atoms with Crippen LogP contribution in [0.1, 0.15) is 62.8 Å². The van der Waals surface area contributed by atoms with Crippen LogP contribution >= 0.6 is 0 Å². The van der Waals surface area contributed by atoms with Gasteiger partial charge in [0.15, 0.2) is 0 Å². The average molecular weight is 407 g/mol. The first-order valence-corrected chi connectivity index (χ1v) is 10.4. The Kier molecular flexibility index (Phi) is 6.58. The standard InChI is InChI=1S/C25H30N2O3/c1-18-15-20(27-26-17-18)11-13-25(29-5)14-12-21(23(28)30-24(2,3)4)22(16-25)19-9-7-6-8-10-19/h6-10,15,17,21-22H,12,14,16H2,1-5H3/t21-,22+,25?/m1/s1. The highest BCUT2D eigenvalue weighted by Gasteiger charge is 2.45. The highest BCUT2D eigenvalue weighted by atomic mass is 16.6. The molecular weight excluding hydrogens is 376 g/mol. The van der Waals surface area contributed by atoms with Crippen LogP contribution in [0.5, 0.6) is 0 Å². The number of carbonyl (C=O) groups excluding carboxylic acids is 1. The number of esters is 1. The van der Waals surface area contributed by atoms with Crippen molar-refractivity contribution in [1.29, 1.82) is 0 Å². The number of ether oxygens (including phenoxy) is 2. The summed E-state index contributed by atoms with van der Waals surface area (Å²) in [6.45, 7) is 7.67. The summed E-state index contributed by atoms with van der Waals surface area (Å²) < 4.78 is 11.7. The second-order valence-corrected chi connectivity index (χ2v) is 8.97. The highest BCUT2D eigenvalue weighted by molar-refractivity contribution is 5.74. The second-order valence-electron chi connectivity index (χ2n) is 8.97. The van der Waals surface area contributed by atoms with Crippen molar-refractivity contribution in [3.05, 3.63) is 59.4 Å². The zero-order valence-electron chi connectivity index (χ0n) is 18.4. The Bertz CT molecular complexity index is 940. The third-order valence-electron chi connectivity index (χ3n) is 5.43. The summed E-state index contributed by atoms with van der Waals surface area (Å²) >= 11 is 0. The van der Waals surface area contributed by atoms with E-state index >= 15 is 0 Å². The Labute approximate surface area is 179 Å². The van der Waals surface area contributed by atoms with Crippen LogP contribution < -0.4 is 0 Å². The van der Waals surface area contributed by atoms with Crippen molar-refractivity contribution in [2.45, 2.75) is 64.1 Å². The van der Waals surface area contributed by atoms with E-state index in [0.717, 1.165) is 11.1 Å². The number of methoxy groups -OCH3 is 1. The summed E-state index contributed by atoms with van der Waals surface area (Å²) in [4.78, 5) is 13.0. The van der Waals surface area contributed by atoms with Gasteiger partial charge in [0.1, 0.15) is 16.9 Å². The molecule has 1 unspecified atom stereocenters. The first-order valence-electron chi connectivity index (χ1n) is 10.4. The fraction of sp³-hybridized carbons (Fsp3) is 0.480. The van der Waals surface area contributed by atoms with E-state index in [1.807, 2.05) is 52.0 Å². The van der Waals surface area contributed by atoms with Gasteiger partial charge in [-0.1, -0.05) is 36.3 Å². The molecule has 1 aromatic carbocycles. The number of aryl methyl sites for hydroxylation is 1. The summed E-state index contributed by atoms with van der Waals surface area (Å²) in [6, 6.07) is 12.0. The Morgan fingerprint density at radius 3 is 2.60 bits per heavy atom. The second kappa shape index (κ2) is 8.97. The number of aromatic nitrogens is 2. The lowest BCUT2D eigenvalue weighted by Gasteiger charge is -2.41. The molecule has 2 aromatic rings. The lowest BCUT2D eigenvalue weighted by atomic mass is 9.69. The quantitative estimate of drug-likeness (QED) is 0.557. The fourth-order valence-electron chi connectivity index (χ4n) is 3.95. The molecule has 1 aromatic heterocycles. The van der Waals surface area contributed by atoms with Crippen LogP contribution in [0.15, 0.2) is 42.6 Å². The minimum atomic E-state index is -0.648. The summed E-state index contributed by atoms with van der Waals surface area (Å²) in [6.07, 6.45) is 3.62. The molecule has 1 saturated carbocycles. The molecule has 3 atom stereocenters. The lowest BCUT2D eigenvalue weighted by Crippen LogP contribution is -2.43. The maximum absolute atomic E-state index is 13.0. The van der Waals surface area contributed by atoms with Crippen LogP contribution in [-0.4, -0.2) is 34.5 Å². The summed E-state index contributed by atoms with van der Waals surface area (Å²) in [7, 11) is 1.69. The molecule has 3 rings (SSSR count). The van der Waals surface area contributed by atoms with Crippen LogP contribution in [0.3, 0.4) is 0 Å². The smallest absolute Gasteiger partial charge is 0.310 e. The van der Waals surface area contributed by atoms with Crippen molar-refractivity contribution < 1.29 is 14.3 Å². The van der Waals surface area contributed by atoms with Gasteiger partial charge in [-0.2, -0.15) is 5.10 Å². The number of carbonyl (C=O) groups is 1. The normalized spacial score (nSPS) is 23.9. The number of hydrogen-bond acceptors (Lipinski definition) is 5. The van der Waals surface area contributed by atoms with Gasteiger partial charge in [-0.25, -0.2) is 0 Å². The molecule has 5 nitrogen and oxygen atoms in total. The van der Waals surface area contributed by atoms with Gasteiger partial charge >= 0.3 is 5.97 Å². The van der Waals surface area contributed by atoms with Crippen LogP contribution in [-0.2, 0) is 14.3 Å². The van der Waals surface area contributed by atoms with Crippen LogP contribution in [0, 0.1) is 24.7 Å². The zero-order chi connectivity index (χ0) is 21.8. The molecule has 1 aliphatic carbocycles. The highest BCUT2D eigenvalue weighted by Crippen LogP contribution is 2.45. The van der Waals surface area contributed by atoms with Gasteiger partial charge in [-0.15, -0.1) is 5.10 Å². The molecule has 0 radical (unpaired) electrons. The van der Waals surface area contributed by atoms with E-state index in [1.54, 1.807) is 13.3 Å². The molecule has 0 aliphatic heterocycles. The SMILES string of the molecule is COC1(C#Cc2cc(C)cnn2)CC[C@@H](C(=O)OC(C)(C)C)[C@H](c2ccccc2)C1. The predicted octanol–water partition coefficient (Wildman–Crippen LogP) is 4.45. The molecule has 158 valence electrons. The largest absolute Gasteiger partial charge is 0.460 e. The van der Waals surface area contributed by atoms with Crippen molar-refractivity contribution in [3.8, 4) is 11.8 Å². The van der Waals surface area contributed by atoms with Gasteiger partial charge in [0.25, 0.3) is 0 Å². The van der Waals surface area contributed by atoms with Gasteiger partial charge in [-0.05, 0) is 70.1 Å². The minimum absolute atomic E-state index is 0.0346. The van der Waals surface area contributed by atoms with E-state index in [1.165, 1.54) is 0 Å². The van der Waals surface area contributed by atoms with Gasteiger partial charge in [0, 0.05) is 13.0 Å². The summed E-state index contributed by atoms with van der Waals surface area (Å²) in [5, 5.41) is 8.07. The predicted molar refractivity (Wildman–Crippen MR) is 116 cm³/mol. The third-order valence-corrected chi connectivity index (χ3v) is 5.43. The molecule has 5 heteroatoms. The molecule has 0 amide bonds. The van der Waals surface area contributed by atoms with E-state index in [-0.39, 0.29) is 17.8 Å². The van der Waals surface area contributed by atoms with Crippen molar-refractivity contribution in [3.63, 3.8) is 0 Å². The molecule has 1 fully saturated rings. The van der Waals surface area contributed by atoms with Gasteiger partial charge < -0.3 is 9.47 Å². The zero-order valence-corrected chi connectivity index (χ0v) is 18.4. The molecule has 1 aliphatic rings. The van der Waals surface area contributed by atoms with Crippen molar-refractivity contribution in [1.82, 2.24) is 10.2 Å². The molecular formula is C25H30N2O3. The lowest BCUT2D eigenvalue weighted by molar-refractivity contribution is -0.163. The topological polar surface area (TPSA) is 61.3 Å². The number of benzene rings is 1. The number of nitrogens with zero attached hydrogens (tertiary/aromatic N) is 2. The van der Waals surface area contributed by atoms with Crippen LogP contribution in [0.2, 0.25) is 0 Å². The van der Waals surface area contributed by atoms with E-state index in [2.05, 4.69) is 34.2 Å². The fourth-order valence-corrected chi connectivity index (χ4v) is 3.95. The van der Waals surface area contributed by atoms with E-state index < -0.39 is 11.2 Å². The maximum Gasteiger partial charge on any atom is 0.310 e. The first kappa shape index (κ1) is 22.0. The van der Waals surface area contributed by atoms with Gasteiger partial charge in [-0.3, -0.25) is 4.79 Å². The molecule has 0 bridgehead atoms. The van der Waals surface area contributed by atoms with E-state index in [4.69, 9.17) is 9.47 Å². The van der Waals surface area contributed by atoms with Crippen LogP contribution in [0.4, 0.5) is 0 Å². The summed E-state index contributed by atoms with van der Waals surface area (Å²) in [5.41, 5.74) is 1.57. The molecule has 0 spiro atoms. The third kappa shape index (κ3) is 5.46. The van der Waals surface area contributed by atoms with Crippen molar-refractivity contribution in [2.75, 3.05) is 7.11 Å². The Balaban J connectivity index is 1.92. The maximum atomic E-state index is 13.0.